The summed E-state index contributed by atoms with van der Waals surface area (Å²) in [5.74, 6) is -0.265. The summed E-state index contributed by atoms with van der Waals surface area (Å²) in [6, 6.07) is 14.7. The van der Waals surface area contributed by atoms with Crippen LogP contribution < -0.4 is 0 Å². The first-order valence-electron chi connectivity index (χ1n) is 6.81. The van der Waals surface area contributed by atoms with E-state index in [0.29, 0.717) is 0 Å². The fourth-order valence-electron chi connectivity index (χ4n) is 2.41. The van der Waals surface area contributed by atoms with Gasteiger partial charge in [0.2, 0.25) is 0 Å². The lowest BCUT2D eigenvalue weighted by atomic mass is 9.96. The van der Waals surface area contributed by atoms with E-state index >= 15 is 0 Å². The second kappa shape index (κ2) is 6.24. The molecule has 0 aliphatic carbocycles. The minimum absolute atomic E-state index is 0.265. The van der Waals surface area contributed by atoms with Gasteiger partial charge in [0.15, 0.2) is 0 Å². The van der Waals surface area contributed by atoms with Gasteiger partial charge in [-0.25, -0.2) is 4.39 Å². The number of halogens is 2. The monoisotopic (exact) mass is 353 g/mol. The largest absolute Gasteiger partial charge is 0.265 e. The molecule has 0 saturated carbocycles. The number of hydrogen-bond acceptors (Lipinski definition) is 1. The zero-order valence-corrected chi connectivity index (χ0v) is 13.3. The molecule has 0 atom stereocenters. The molecular weight excluding hydrogens is 341 g/mol. The summed E-state index contributed by atoms with van der Waals surface area (Å²) in [4.78, 5) is 4.00. The van der Waals surface area contributed by atoms with Crippen LogP contribution in [0, 0.1) is 5.82 Å². The Hall–Kier alpha value is -2.26. The maximum Gasteiger partial charge on any atom is 0.124 e. The van der Waals surface area contributed by atoms with Crippen molar-refractivity contribution in [1.29, 1.82) is 0 Å². The molecule has 2 aromatic carbocycles. The fraction of sp³-hybridized carbons (Fsp3) is 0. The Labute approximate surface area is 137 Å². The van der Waals surface area contributed by atoms with Gasteiger partial charge in [0, 0.05) is 16.9 Å². The first-order chi connectivity index (χ1) is 10.7. The highest BCUT2D eigenvalue weighted by atomic mass is 79.9. The number of pyridine rings is 1. The third-order valence-corrected chi connectivity index (χ3v) is 3.95. The van der Waals surface area contributed by atoms with Gasteiger partial charge in [0.05, 0.1) is 0 Å². The molecule has 1 aromatic heterocycles. The van der Waals surface area contributed by atoms with Gasteiger partial charge in [0.25, 0.3) is 0 Å². The van der Waals surface area contributed by atoms with E-state index in [1.807, 2.05) is 36.4 Å². The predicted octanol–water partition coefficient (Wildman–Crippen LogP) is 5.96. The first kappa shape index (κ1) is 14.7. The highest BCUT2D eigenvalue weighted by Gasteiger charge is 2.08. The molecule has 1 heterocycles. The normalized spacial score (nSPS) is 10.5. The molecule has 0 aliphatic rings. The second-order valence-electron chi connectivity index (χ2n) is 4.90. The summed E-state index contributed by atoms with van der Waals surface area (Å²) in [5.41, 5.74) is 4.50. The number of aromatic nitrogens is 1. The van der Waals surface area contributed by atoms with Crippen LogP contribution in [0.5, 0.6) is 0 Å². The van der Waals surface area contributed by atoms with E-state index in [0.717, 1.165) is 32.3 Å². The number of rotatable bonds is 3. The molecule has 3 aromatic rings. The molecule has 3 rings (SSSR count). The molecule has 0 amide bonds. The Bertz CT molecular complexity index is 828. The third kappa shape index (κ3) is 3.00. The third-order valence-electron chi connectivity index (χ3n) is 3.46. The summed E-state index contributed by atoms with van der Waals surface area (Å²) >= 11 is 3.47. The van der Waals surface area contributed by atoms with Gasteiger partial charge in [-0.05, 0) is 70.3 Å². The van der Waals surface area contributed by atoms with E-state index in [4.69, 9.17) is 0 Å². The van der Waals surface area contributed by atoms with E-state index < -0.39 is 0 Å². The summed E-state index contributed by atoms with van der Waals surface area (Å²) in [5, 5.41) is 0. The summed E-state index contributed by atoms with van der Waals surface area (Å²) in [6.07, 6.45) is 5.18. The average Bonchev–Trinajstić information content (AvgIpc) is 2.55. The molecule has 108 valence electrons. The highest BCUT2D eigenvalue weighted by Crippen LogP contribution is 2.32. The van der Waals surface area contributed by atoms with Crippen LogP contribution in [0.25, 0.3) is 28.3 Å². The van der Waals surface area contributed by atoms with Gasteiger partial charge in [-0.1, -0.05) is 34.7 Å². The lowest BCUT2D eigenvalue weighted by Gasteiger charge is -2.10. The lowest BCUT2D eigenvalue weighted by Crippen LogP contribution is -1.88. The van der Waals surface area contributed by atoms with Crippen LogP contribution in [0.1, 0.15) is 5.56 Å². The lowest BCUT2D eigenvalue weighted by molar-refractivity contribution is 0.629. The minimum atomic E-state index is -0.265. The van der Waals surface area contributed by atoms with Crippen molar-refractivity contribution in [2.75, 3.05) is 0 Å². The zero-order valence-electron chi connectivity index (χ0n) is 11.8. The molecule has 0 unspecified atom stereocenters. The molecule has 0 spiro atoms. The predicted molar refractivity (Wildman–Crippen MR) is 92.9 cm³/mol. The summed E-state index contributed by atoms with van der Waals surface area (Å²) in [6.45, 7) is 3.83. The van der Waals surface area contributed by atoms with Crippen molar-refractivity contribution in [2.24, 2.45) is 0 Å². The van der Waals surface area contributed by atoms with Gasteiger partial charge in [-0.15, -0.1) is 0 Å². The van der Waals surface area contributed by atoms with E-state index in [-0.39, 0.29) is 5.82 Å². The molecule has 0 saturated heterocycles. The molecule has 0 aliphatic heterocycles. The van der Waals surface area contributed by atoms with Gasteiger partial charge < -0.3 is 0 Å². The molecule has 3 heteroatoms. The Morgan fingerprint density at radius 1 is 0.909 bits per heavy atom. The van der Waals surface area contributed by atoms with Crippen molar-refractivity contribution >= 4 is 22.0 Å². The SMILES string of the molecule is C=Cc1ccc(Br)cc1-c1cc(F)cc(-c2ccncc2)c1. The van der Waals surface area contributed by atoms with Crippen LogP contribution >= 0.6 is 15.9 Å². The summed E-state index contributed by atoms with van der Waals surface area (Å²) < 4.78 is 15.0. The first-order valence-corrected chi connectivity index (χ1v) is 7.60. The Balaban J connectivity index is 2.19. The molecule has 0 N–H and O–H groups in total. The zero-order chi connectivity index (χ0) is 15.5. The number of nitrogens with zero attached hydrogens (tertiary/aromatic N) is 1. The molecule has 0 fully saturated rings. The smallest absolute Gasteiger partial charge is 0.124 e. The number of hydrogen-bond donors (Lipinski definition) is 0. The van der Waals surface area contributed by atoms with Crippen molar-refractivity contribution in [3.8, 4) is 22.3 Å². The van der Waals surface area contributed by atoms with Crippen molar-refractivity contribution in [1.82, 2.24) is 4.98 Å². The fourth-order valence-corrected chi connectivity index (χ4v) is 2.77. The second-order valence-corrected chi connectivity index (χ2v) is 5.82. The number of benzene rings is 2. The summed E-state index contributed by atoms with van der Waals surface area (Å²) in [7, 11) is 0. The Kier molecular flexibility index (Phi) is 4.16. The quantitative estimate of drug-likeness (QED) is 0.565. The van der Waals surface area contributed by atoms with Crippen LogP contribution in [0.3, 0.4) is 0 Å². The molecule has 0 bridgehead atoms. The average molecular weight is 354 g/mol. The van der Waals surface area contributed by atoms with Crippen molar-refractivity contribution in [2.45, 2.75) is 0 Å². The van der Waals surface area contributed by atoms with Crippen LogP contribution in [0.2, 0.25) is 0 Å². The topological polar surface area (TPSA) is 12.9 Å². The van der Waals surface area contributed by atoms with Crippen molar-refractivity contribution in [3.05, 3.63) is 83.4 Å². The van der Waals surface area contributed by atoms with Crippen LogP contribution in [-0.2, 0) is 0 Å². The maximum absolute atomic E-state index is 14.1. The molecule has 22 heavy (non-hydrogen) atoms. The highest BCUT2D eigenvalue weighted by molar-refractivity contribution is 9.10. The van der Waals surface area contributed by atoms with Crippen LogP contribution in [-0.4, -0.2) is 4.98 Å². The van der Waals surface area contributed by atoms with E-state index in [9.17, 15) is 4.39 Å². The standard InChI is InChI=1S/C19H13BrFN/c1-2-13-3-4-17(20)12-19(13)16-9-15(10-18(21)11-16)14-5-7-22-8-6-14/h2-12H,1H2. The van der Waals surface area contributed by atoms with Gasteiger partial charge >= 0.3 is 0 Å². The minimum Gasteiger partial charge on any atom is -0.265 e. The Morgan fingerprint density at radius 3 is 2.36 bits per heavy atom. The molecule has 0 radical (unpaired) electrons. The van der Waals surface area contributed by atoms with Gasteiger partial charge in [-0.3, -0.25) is 4.98 Å². The van der Waals surface area contributed by atoms with Crippen LogP contribution in [0.15, 0.2) is 72.0 Å². The van der Waals surface area contributed by atoms with Crippen molar-refractivity contribution in [3.63, 3.8) is 0 Å². The molecule has 1 nitrogen and oxygen atoms in total. The van der Waals surface area contributed by atoms with Gasteiger partial charge in [0.1, 0.15) is 5.82 Å². The van der Waals surface area contributed by atoms with E-state index in [1.165, 1.54) is 6.07 Å². The van der Waals surface area contributed by atoms with E-state index in [1.54, 1.807) is 24.5 Å². The van der Waals surface area contributed by atoms with Gasteiger partial charge in [-0.2, -0.15) is 0 Å². The van der Waals surface area contributed by atoms with E-state index in [2.05, 4.69) is 27.5 Å². The van der Waals surface area contributed by atoms with Crippen molar-refractivity contribution < 1.29 is 4.39 Å². The van der Waals surface area contributed by atoms with Crippen LogP contribution in [0.4, 0.5) is 4.39 Å². The molecular formula is C19H13BrFN. The Morgan fingerprint density at radius 2 is 1.64 bits per heavy atom. The maximum atomic E-state index is 14.1.